The summed E-state index contributed by atoms with van der Waals surface area (Å²) in [6.45, 7) is 7.47. The van der Waals surface area contributed by atoms with Crippen molar-refractivity contribution in [2.24, 2.45) is 5.92 Å². The molecule has 0 radical (unpaired) electrons. The van der Waals surface area contributed by atoms with E-state index >= 15 is 0 Å². The zero-order valence-electron chi connectivity index (χ0n) is 19.1. The van der Waals surface area contributed by atoms with Gasteiger partial charge in [-0.15, -0.1) is 0 Å². The zero-order chi connectivity index (χ0) is 23.3. The lowest BCUT2D eigenvalue weighted by molar-refractivity contribution is 0.627. The highest BCUT2D eigenvalue weighted by atomic mass is 15.2. The van der Waals surface area contributed by atoms with Crippen LogP contribution in [-0.2, 0) is 6.54 Å². The summed E-state index contributed by atoms with van der Waals surface area (Å²) in [5, 5.41) is 12.8. The fourth-order valence-corrected chi connectivity index (χ4v) is 4.32. The van der Waals surface area contributed by atoms with Crippen LogP contribution in [0.4, 0.5) is 5.82 Å². The lowest BCUT2D eigenvalue weighted by Gasteiger charge is -2.20. The molecule has 1 fully saturated rings. The van der Waals surface area contributed by atoms with Crippen LogP contribution in [0.1, 0.15) is 18.4 Å². The molecule has 1 aliphatic rings. The van der Waals surface area contributed by atoms with Crippen molar-refractivity contribution in [3.05, 3.63) is 79.4 Å². The second-order valence-corrected chi connectivity index (χ2v) is 8.59. The third kappa shape index (κ3) is 4.62. The second-order valence-electron chi connectivity index (χ2n) is 8.59. The molecule has 4 aromatic rings. The van der Waals surface area contributed by atoms with Crippen molar-refractivity contribution < 1.29 is 0 Å². The van der Waals surface area contributed by atoms with Crippen LogP contribution in [-0.4, -0.2) is 39.2 Å². The highest BCUT2D eigenvalue weighted by Gasteiger charge is 2.26. The number of hydrogen-bond acceptors (Lipinski definition) is 6. The van der Waals surface area contributed by atoms with Crippen molar-refractivity contribution in [3.8, 4) is 17.3 Å². The Balaban J connectivity index is 1.40. The van der Waals surface area contributed by atoms with Gasteiger partial charge in [0, 0.05) is 49.8 Å². The number of hydrogen-bond donors (Lipinski definition) is 1. The summed E-state index contributed by atoms with van der Waals surface area (Å²) in [4.78, 5) is 16.3. The average molecular weight is 450 g/mol. The summed E-state index contributed by atoms with van der Waals surface area (Å²) in [5.41, 5.74) is 5.42. The minimum atomic E-state index is 0.0340. The molecule has 170 valence electrons. The van der Waals surface area contributed by atoms with Crippen molar-refractivity contribution >= 4 is 22.5 Å². The molecule has 0 bridgehead atoms. The van der Waals surface area contributed by atoms with Crippen LogP contribution >= 0.6 is 0 Å². The van der Waals surface area contributed by atoms with Gasteiger partial charge in [0.1, 0.15) is 5.69 Å². The van der Waals surface area contributed by atoms with Crippen LogP contribution in [0.2, 0.25) is 0 Å². The molecule has 5 rings (SSSR count). The molecule has 0 aliphatic carbocycles. The fourth-order valence-electron chi connectivity index (χ4n) is 4.32. The van der Waals surface area contributed by atoms with E-state index in [9.17, 15) is 5.26 Å². The van der Waals surface area contributed by atoms with Gasteiger partial charge in [0.15, 0.2) is 5.82 Å². The number of imidazole rings is 1. The molecule has 2 aromatic heterocycles. The van der Waals surface area contributed by atoms with E-state index in [1.165, 1.54) is 0 Å². The Kier molecular flexibility index (Phi) is 6.21. The Hall–Kier alpha value is -4.18. The third-order valence-corrected chi connectivity index (χ3v) is 6.20. The van der Waals surface area contributed by atoms with E-state index in [-0.39, 0.29) is 5.92 Å². The van der Waals surface area contributed by atoms with E-state index in [2.05, 4.69) is 44.5 Å². The number of nitrogens with one attached hydrogen (secondary N) is 1. The summed E-state index contributed by atoms with van der Waals surface area (Å²) in [7, 11) is 0. The summed E-state index contributed by atoms with van der Waals surface area (Å²) >= 11 is 0. The molecule has 0 amide bonds. The third-order valence-electron chi connectivity index (χ3n) is 6.20. The molecule has 3 heterocycles. The molecule has 1 unspecified atom stereocenters. The van der Waals surface area contributed by atoms with Gasteiger partial charge in [-0.25, -0.2) is 15.0 Å². The van der Waals surface area contributed by atoms with Gasteiger partial charge in [-0.2, -0.15) is 5.26 Å². The molecule has 2 aromatic carbocycles. The lowest BCUT2D eigenvalue weighted by atomic mass is 10.1. The highest BCUT2D eigenvalue weighted by molar-refractivity contribution is 5.86. The van der Waals surface area contributed by atoms with Crippen LogP contribution in [0.5, 0.6) is 0 Å². The van der Waals surface area contributed by atoms with Crippen molar-refractivity contribution in [1.82, 2.24) is 24.8 Å². The predicted octanol–water partition coefficient (Wildman–Crippen LogP) is 4.49. The van der Waals surface area contributed by atoms with Gasteiger partial charge in [-0.3, -0.25) is 0 Å². The summed E-state index contributed by atoms with van der Waals surface area (Å²) in [6.07, 6.45) is 7.43. The number of fused-ring (bicyclic) bond motifs is 1. The maximum Gasteiger partial charge on any atom is 0.156 e. The van der Waals surface area contributed by atoms with Crippen molar-refractivity contribution in [3.63, 3.8) is 0 Å². The Morgan fingerprint density at radius 2 is 2.03 bits per heavy atom. The number of nitrogens with zero attached hydrogens (tertiary/aromatic N) is 6. The van der Waals surface area contributed by atoms with Gasteiger partial charge in [0.25, 0.3) is 0 Å². The predicted molar refractivity (Wildman–Crippen MR) is 135 cm³/mol. The van der Waals surface area contributed by atoms with Crippen molar-refractivity contribution in [2.45, 2.75) is 19.4 Å². The number of benzene rings is 2. The van der Waals surface area contributed by atoms with Crippen molar-refractivity contribution in [2.75, 3.05) is 24.5 Å². The molecule has 7 nitrogen and oxygen atoms in total. The van der Waals surface area contributed by atoms with E-state index in [0.29, 0.717) is 6.54 Å². The molecule has 0 saturated carbocycles. The van der Waals surface area contributed by atoms with E-state index in [1.54, 1.807) is 6.20 Å². The highest BCUT2D eigenvalue weighted by Crippen LogP contribution is 2.33. The number of aromatic nitrogens is 4. The maximum atomic E-state index is 9.37. The Morgan fingerprint density at radius 3 is 2.79 bits per heavy atom. The van der Waals surface area contributed by atoms with Crippen LogP contribution < -0.4 is 10.2 Å². The molecule has 7 heteroatoms. The first-order chi connectivity index (χ1) is 16.7. The molecule has 1 atom stereocenters. The van der Waals surface area contributed by atoms with Crippen LogP contribution in [0.3, 0.4) is 0 Å². The van der Waals surface area contributed by atoms with E-state index < -0.39 is 0 Å². The Labute approximate surface area is 199 Å². The summed E-state index contributed by atoms with van der Waals surface area (Å²) in [6, 6.07) is 18.6. The van der Waals surface area contributed by atoms with Crippen LogP contribution in [0.15, 0.2) is 73.8 Å². The monoisotopic (exact) mass is 449 g/mol. The van der Waals surface area contributed by atoms with Gasteiger partial charge >= 0.3 is 0 Å². The van der Waals surface area contributed by atoms with Crippen LogP contribution in [0, 0.1) is 17.2 Å². The molecule has 34 heavy (non-hydrogen) atoms. The SMILES string of the molecule is C=C(NCCCn1ccnc1)c1ccc2nc(N3CCC(C#N)C3)c(-c3ccccc3)nc2c1. The first-order valence-electron chi connectivity index (χ1n) is 11.6. The summed E-state index contributed by atoms with van der Waals surface area (Å²) in [5.74, 6) is 0.882. The van der Waals surface area contributed by atoms with E-state index in [1.807, 2.05) is 48.9 Å². The average Bonchev–Trinajstić information content (AvgIpc) is 3.58. The molecule has 1 saturated heterocycles. The van der Waals surface area contributed by atoms with Gasteiger partial charge in [-0.05, 0) is 30.5 Å². The van der Waals surface area contributed by atoms with Crippen molar-refractivity contribution in [1.29, 1.82) is 5.26 Å². The number of anilines is 1. The second kappa shape index (κ2) is 9.75. The minimum absolute atomic E-state index is 0.0340. The standard InChI is InChI=1S/C27H27N7/c1-20(30-11-5-13-33-15-12-29-19-33)23-8-9-24-25(16-23)31-26(22-6-3-2-4-7-22)27(32-24)34-14-10-21(17-28)18-34/h2-4,6-9,12,15-16,19,21,30H,1,5,10-11,13-14,18H2. The molecular formula is C27H27N7. The number of nitriles is 1. The topological polar surface area (TPSA) is 82.7 Å². The maximum absolute atomic E-state index is 9.37. The minimum Gasteiger partial charge on any atom is -0.385 e. The van der Waals surface area contributed by atoms with Gasteiger partial charge in [-0.1, -0.05) is 43.0 Å². The largest absolute Gasteiger partial charge is 0.385 e. The van der Waals surface area contributed by atoms with Gasteiger partial charge < -0.3 is 14.8 Å². The summed E-state index contributed by atoms with van der Waals surface area (Å²) < 4.78 is 2.07. The first-order valence-corrected chi connectivity index (χ1v) is 11.6. The lowest BCUT2D eigenvalue weighted by Crippen LogP contribution is -2.22. The van der Waals surface area contributed by atoms with E-state index in [4.69, 9.17) is 9.97 Å². The van der Waals surface area contributed by atoms with Crippen LogP contribution in [0.25, 0.3) is 28.0 Å². The molecular weight excluding hydrogens is 422 g/mol. The number of aryl methyl sites for hydroxylation is 1. The smallest absolute Gasteiger partial charge is 0.156 e. The van der Waals surface area contributed by atoms with E-state index in [0.717, 1.165) is 71.8 Å². The Morgan fingerprint density at radius 1 is 1.15 bits per heavy atom. The normalized spacial score (nSPS) is 15.4. The molecule has 1 aliphatic heterocycles. The molecule has 1 N–H and O–H groups in total. The molecule has 0 spiro atoms. The Bertz CT molecular complexity index is 1320. The first kappa shape index (κ1) is 21.7. The van der Waals surface area contributed by atoms with Gasteiger partial charge in [0.2, 0.25) is 0 Å². The van der Waals surface area contributed by atoms with Gasteiger partial charge in [0.05, 0.1) is 29.3 Å². The number of rotatable bonds is 8. The fraction of sp³-hybridized carbons (Fsp3) is 0.259. The zero-order valence-corrected chi connectivity index (χ0v) is 19.1. The quantitative estimate of drug-likeness (QED) is 0.399.